The molecule has 1 aliphatic rings. The Morgan fingerprint density at radius 3 is 2.83 bits per heavy atom. The number of rotatable bonds is 3. The van der Waals surface area contributed by atoms with Gasteiger partial charge in [-0.3, -0.25) is 9.48 Å². The number of carbonyl (C=O) groups is 1. The van der Waals surface area contributed by atoms with E-state index in [1.165, 1.54) is 0 Å². The highest BCUT2D eigenvalue weighted by molar-refractivity contribution is 6.01. The summed E-state index contributed by atoms with van der Waals surface area (Å²) in [6.45, 7) is 2.61. The van der Waals surface area contributed by atoms with Gasteiger partial charge in [0.1, 0.15) is 6.04 Å². The molecule has 1 aliphatic heterocycles. The Morgan fingerprint density at radius 2 is 2.00 bits per heavy atom. The molecule has 1 N–H and O–H groups in total. The van der Waals surface area contributed by atoms with Gasteiger partial charge in [0.15, 0.2) is 0 Å². The zero-order valence-electron chi connectivity index (χ0n) is 19.8. The lowest BCUT2D eigenvalue weighted by Gasteiger charge is -2.33. The van der Waals surface area contributed by atoms with Gasteiger partial charge in [0.05, 0.1) is 46.2 Å². The van der Waals surface area contributed by atoms with Gasteiger partial charge in [0, 0.05) is 49.9 Å². The fourth-order valence-corrected chi connectivity index (χ4v) is 5.13. The average molecular weight is 478 g/mol. The molecule has 0 saturated heterocycles. The largest absolute Gasteiger partial charge is 0.348 e. The van der Waals surface area contributed by atoms with Crippen molar-refractivity contribution >= 4 is 16.9 Å². The van der Waals surface area contributed by atoms with Crippen molar-refractivity contribution in [3.63, 3.8) is 0 Å². The predicted octanol–water partition coefficient (Wildman–Crippen LogP) is 3.20. The van der Waals surface area contributed by atoms with E-state index in [1.807, 2.05) is 59.3 Å². The van der Waals surface area contributed by atoms with E-state index >= 15 is 0 Å². The van der Waals surface area contributed by atoms with Gasteiger partial charge in [-0.15, -0.1) is 0 Å². The van der Waals surface area contributed by atoms with Crippen molar-refractivity contribution in [1.82, 2.24) is 43.9 Å². The van der Waals surface area contributed by atoms with Gasteiger partial charge in [-0.25, -0.2) is 14.0 Å². The van der Waals surface area contributed by atoms with Gasteiger partial charge < -0.3 is 9.88 Å². The Kier molecular flexibility index (Phi) is 4.38. The minimum atomic E-state index is -0.394. The van der Waals surface area contributed by atoms with Crippen molar-refractivity contribution in [3.8, 4) is 11.3 Å². The third-order valence-electron chi connectivity index (χ3n) is 6.95. The highest BCUT2D eigenvalue weighted by Gasteiger charge is 2.37. The number of carbonyl (C=O) groups excluding carboxylic acids is 1. The van der Waals surface area contributed by atoms with Gasteiger partial charge in [-0.1, -0.05) is 6.07 Å². The molecule has 6 aromatic heterocycles. The maximum Gasteiger partial charge on any atom is 0.258 e. The van der Waals surface area contributed by atoms with Crippen molar-refractivity contribution in [1.29, 1.82) is 0 Å². The van der Waals surface area contributed by atoms with Crippen molar-refractivity contribution in [2.24, 2.45) is 7.05 Å². The molecule has 0 fully saturated rings. The molecule has 0 spiro atoms. The summed E-state index contributed by atoms with van der Waals surface area (Å²) < 4.78 is 5.37. The van der Waals surface area contributed by atoms with Crippen LogP contribution in [0.15, 0.2) is 67.5 Å². The molecule has 0 bridgehead atoms. The van der Waals surface area contributed by atoms with Crippen LogP contribution in [0.2, 0.25) is 0 Å². The van der Waals surface area contributed by atoms with E-state index in [0.717, 1.165) is 44.9 Å². The van der Waals surface area contributed by atoms with Gasteiger partial charge in [-0.2, -0.15) is 15.3 Å². The summed E-state index contributed by atoms with van der Waals surface area (Å²) in [6.07, 6.45) is 9.77. The van der Waals surface area contributed by atoms with Crippen LogP contribution in [-0.4, -0.2) is 56.3 Å². The van der Waals surface area contributed by atoms with Gasteiger partial charge in [0.2, 0.25) is 0 Å². The first-order chi connectivity index (χ1) is 17.6. The maximum absolute atomic E-state index is 14.0. The number of aromatic amines is 1. The molecule has 10 nitrogen and oxygen atoms in total. The molecular weight excluding hydrogens is 454 g/mol. The Morgan fingerprint density at radius 1 is 1.08 bits per heavy atom. The Balaban J connectivity index is 1.31. The zero-order valence-corrected chi connectivity index (χ0v) is 19.8. The Hall–Kier alpha value is -4.73. The third-order valence-corrected chi connectivity index (χ3v) is 6.95. The number of pyridine rings is 2. The Labute approximate surface area is 205 Å². The summed E-state index contributed by atoms with van der Waals surface area (Å²) in [4.78, 5) is 23.7. The van der Waals surface area contributed by atoms with Crippen LogP contribution < -0.4 is 0 Å². The normalized spacial score (nSPS) is 15.6. The molecule has 0 saturated carbocycles. The number of fused-ring (bicyclic) bond motifs is 3. The van der Waals surface area contributed by atoms with E-state index in [0.29, 0.717) is 18.5 Å². The summed E-state index contributed by atoms with van der Waals surface area (Å²) >= 11 is 0. The smallest absolute Gasteiger partial charge is 0.258 e. The summed E-state index contributed by atoms with van der Waals surface area (Å²) in [6, 6.07) is 11.5. The zero-order chi connectivity index (χ0) is 24.4. The second kappa shape index (κ2) is 7.64. The van der Waals surface area contributed by atoms with Gasteiger partial charge in [0.25, 0.3) is 5.91 Å². The standard InChI is InChI=1S/C26H23N9O/c1-16-4-3-9-34-23(16)12-21(31-34)25-24-20(27-15-28-24)8-11-33(25)26(36)18-13-29-35-14-17(5-6-22(18)35)19-7-10-32(2)30-19/h3-7,9-10,12-15,25H,8,11H2,1-2H3,(H,27,28)/t25-/m1/s1. The fourth-order valence-electron chi connectivity index (χ4n) is 5.13. The fraction of sp³-hybridized carbons (Fsp3) is 0.192. The molecule has 178 valence electrons. The molecule has 7 heterocycles. The highest BCUT2D eigenvalue weighted by atomic mass is 16.2. The SMILES string of the molecule is Cc1cccn2nc([C@@H]3c4nc[nH]c4CCN3C(=O)c3cnn4cc(-c5ccn(C)n5)ccc34)cc12. The van der Waals surface area contributed by atoms with Crippen molar-refractivity contribution < 1.29 is 4.79 Å². The minimum Gasteiger partial charge on any atom is -0.348 e. The number of nitrogens with one attached hydrogen (secondary N) is 1. The molecule has 0 unspecified atom stereocenters. The summed E-state index contributed by atoms with van der Waals surface area (Å²) in [5.41, 5.74) is 7.89. The molecule has 1 amide bonds. The second-order valence-electron chi connectivity index (χ2n) is 9.19. The molecule has 10 heteroatoms. The number of nitrogens with zero attached hydrogens (tertiary/aromatic N) is 8. The predicted molar refractivity (Wildman–Crippen MR) is 132 cm³/mol. The topological polar surface area (TPSA) is 101 Å². The number of hydrogen-bond acceptors (Lipinski definition) is 5. The Bertz CT molecular complexity index is 1770. The molecule has 0 aliphatic carbocycles. The average Bonchev–Trinajstić information content (AvgIpc) is 3.68. The number of aryl methyl sites for hydroxylation is 2. The molecule has 0 aromatic carbocycles. The van der Waals surface area contributed by atoms with Crippen LogP contribution in [0.3, 0.4) is 0 Å². The van der Waals surface area contributed by atoms with E-state index < -0.39 is 6.04 Å². The van der Waals surface area contributed by atoms with E-state index in [9.17, 15) is 4.79 Å². The van der Waals surface area contributed by atoms with Crippen LogP contribution in [0.5, 0.6) is 0 Å². The van der Waals surface area contributed by atoms with Gasteiger partial charge in [-0.05, 0) is 42.8 Å². The summed E-state index contributed by atoms with van der Waals surface area (Å²) in [7, 11) is 1.89. The molecule has 36 heavy (non-hydrogen) atoms. The van der Waals surface area contributed by atoms with E-state index in [4.69, 9.17) is 5.10 Å². The van der Waals surface area contributed by atoms with Crippen molar-refractivity contribution in [3.05, 3.63) is 95.7 Å². The lowest BCUT2D eigenvalue weighted by atomic mass is 9.98. The molecule has 6 aromatic rings. The lowest BCUT2D eigenvalue weighted by Crippen LogP contribution is -2.41. The van der Waals surface area contributed by atoms with Crippen LogP contribution in [0.4, 0.5) is 0 Å². The van der Waals surface area contributed by atoms with Crippen LogP contribution in [0.1, 0.15) is 39.0 Å². The first-order valence-electron chi connectivity index (χ1n) is 11.8. The quantitative estimate of drug-likeness (QED) is 0.422. The van der Waals surface area contributed by atoms with Gasteiger partial charge >= 0.3 is 0 Å². The second-order valence-corrected chi connectivity index (χ2v) is 9.19. The molecule has 0 radical (unpaired) electrons. The molecule has 7 rings (SSSR count). The molecule has 1 atom stereocenters. The minimum absolute atomic E-state index is 0.0944. The lowest BCUT2D eigenvalue weighted by molar-refractivity contribution is 0.0689. The summed E-state index contributed by atoms with van der Waals surface area (Å²) in [5.74, 6) is -0.0944. The van der Waals surface area contributed by atoms with E-state index in [-0.39, 0.29) is 5.91 Å². The first-order valence-corrected chi connectivity index (χ1v) is 11.8. The first kappa shape index (κ1) is 20.6. The number of amides is 1. The maximum atomic E-state index is 14.0. The van der Waals surface area contributed by atoms with Crippen LogP contribution in [0.25, 0.3) is 22.3 Å². The van der Waals surface area contributed by atoms with Crippen molar-refractivity contribution in [2.45, 2.75) is 19.4 Å². The van der Waals surface area contributed by atoms with Crippen LogP contribution in [0, 0.1) is 6.92 Å². The van der Waals surface area contributed by atoms with E-state index in [1.54, 1.807) is 21.7 Å². The summed E-state index contributed by atoms with van der Waals surface area (Å²) in [5, 5.41) is 13.8. The van der Waals surface area contributed by atoms with Crippen molar-refractivity contribution in [2.75, 3.05) is 6.54 Å². The number of H-pyrrole nitrogens is 1. The number of imidazole rings is 1. The van der Waals surface area contributed by atoms with Crippen LogP contribution >= 0.6 is 0 Å². The molecular formula is C26H23N9O. The number of aromatic nitrogens is 8. The van der Waals surface area contributed by atoms with E-state index in [2.05, 4.69) is 39.2 Å². The number of hydrogen-bond donors (Lipinski definition) is 1. The third kappa shape index (κ3) is 3.07. The highest BCUT2D eigenvalue weighted by Crippen LogP contribution is 2.35. The monoisotopic (exact) mass is 477 g/mol. The van der Waals surface area contributed by atoms with Crippen LogP contribution in [-0.2, 0) is 13.5 Å².